The van der Waals surface area contributed by atoms with E-state index in [1.54, 1.807) is 24.3 Å². The average Bonchev–Trinajstić information content (AvgIpc) is 2.39. The number of rotatable bonds is 3. The number of nitrogens with one attached hydrogen (secondary N) is 1. The van der Waals surface area contributed by atoms with E-state index in [0.29, 0.717) is 17.7 Å². The quantitative estimate of drug-likeness (QED) is 0.722. The highest BCUT2D eigenvalue weighted by Crippen LogP contribution is 2.25. The Hall–Kier alpha value is -2.04. The Labute approximate surface area is 111 Å². The van der Waals surface area contributed by atoms with E-state index in [4.69, 9.17) is 10.8 Å². The highest BCUT2D eigenvalue weighted by Gasteiger charge is 2.31. The molecule has 1 amide bonds. The van der Waals surface area contributed by atoms with E-state index < -0.39 is 11.9 Å². The van der Waals surface area contributed by atoms with E-state index in [2.05, 4.69) is 5.32 Å². The maximum Gasteiger partial charge on any atom is 0.308 e. The summed E-state index contributed by atoms with van der Waals surface area (Å²) in [5.74, 6) is -1.55. The summed E-state index contributed by atoms with van der Waals surface area (Å²) in [5, 5.41) is 12.0. The summed E-state index contributed by atoms with van der Waals surface area (Å²) in [6.07, 6.45) is 3.21. The molecule has 2 atom stereocenters. The highest BCUT2D eigenvalue weighted by atomic mass is 16.4. The van der Waals surface area contributed by atoms with Crippen molar-refractivity contribution < 1.29 is 14.7 Å². The highest BCUT2D eigenvalue weighted by molar-refractivity contribution is 5.95. The van der Waals surface area contributed by atoms with Crippen LogP contribution >= 0.6 is 0 Å². The van der Waals surface area contributed by atoms with Crippen LogP contribution in [-0.2, 0) is 4.79 Å². The van der Waals surface area contributed by atoms with Crippen LogP contribution in [0.4, 0.5) is 5.69 Å². The molecule has 5 heteroatoms. The van der Waals surface area contributed by atoms with Gasteiger partial charge in [-0.2, -0.15) is 0 Å². The first kappa shape index (κ1) is 13.4. The summed E-state index contributed by atoms with van der Waals surface area (Å²) in [6.45, 7) is 0. The zero-order chi connectivity index (χ0) is 13.8. The van der Waals surface area contributed by atoms with Crippen LogP contribution in [0.1, 0.15) is 36.0 Å². The van der Waals surface area contributed by atoms with Crippen molar-refractivity contribution >= 4 is 17.6 Å². The first-order chi connectivity index (χ1) is 9.08. The Morgan fingerprint density at radius 3 is 2.42 bits per heavy atom. The van der Waals surface area contributed by atoms with Gasteiger partial charge < -0.3 is 16.2 Å². The van der Waals surface area contributed by atoms with Crippen LogP contribution < -0.4 is 11.1 Å². The molecule has 0 radical (unpaired) electrons. The molecule has 1 aliphatic rings. The van der Waals surface area contributed by atoms with Gasteiger partial charge in [-0.1, -0.05) is 12.8 Å². The molecule has 0 spiro atoms. The second-order valence-electron chi connectivity index (χ2n) is 4.93. The second kappa shape index (κ2) is 5.73. The number of anilines is 1. The number of hydrogen-bond donors (Lipinski definition) is 3. The Morgan fingerprint density at radius 1 is 1.16 bits per heavy atom. The van der Waals surface area contributed by atoms with Gasteiger partial charge in [0.2, 0.25) is 0 Å². The lowest BCUT2D eigenvalue weighted by molar-refractivity contribution is -0.143. The molecule has 0 saturated heterocycles. The van der Waals surface area contributed by atoms with Gasteiger partial charge in [0, 0.05) is 17.3 Å². The van der Waals surface area contributed by atoms with Crippen molar-refractivity contribution in [2.24, 2.45) is 5.92 Å². The third-order valence-electron chi connectivity index (χ3n) is 3.57. The van der Waals surface area contributed by atoms with Crippen molar-refractivity contribution in [3.05, 3.63) is 29.8 Å². The molecule has 19 heavy (non-hydrogen) atoms. The summed E-state index contributed by atoms with van der Waals surface area (Å²) in [6, 6.07) is 6.32. The molecule has 102 valence electrons. The molecule has 1 aromatic carbocycles. The first-order valence-corrected chi connectivity index (χ1v) is 6.47. The minimum Gasteiger partial charge on any atom is -0.481 e. The van der Waals surface area contributed by atoms with Crippen LogP contribution in [0, 0.1) is 5.92 Å². The maximum absolute atomic E-state index is 12.0. The second-order valence-corrected chi connectivity index (χ2v) is 4.93. The number of carboxylic acids is 1. The fraction of sp³-hybridized carbons (Fsp3) is 0.429. The summed E-state index contributed by atoms with van der Waals surface area (Å²) in [7, 11) is 0. The third-order valence-corrected chi connectivity index (χ3v) is 3.57. The average molecular weight is 262 g/mol. The molecule has 1 fully saturated rings. The Balaban J connectivity index is 2.04. The van der Waals surface area contributed by atoms with Crippen molar-refractivity contribution in [1.29, 1.82) is 0 Å². The summed E-state index contributed by atoms with van der Waals surface area (Å²) in [5.41, 5.74) is 6.66. The van der Waals surface area contributed by atoms with Crippen LogP contribution in [-0.4, -0.2) is 23.0 Å². The van der Waals surface area contributed by atoms with Crippen molar-refractivity contribution in [3.8, 4) is 0 Å². The summed E-state index contributed by atoms with van der Waals surface area (Å²) >= 11 is 0. The van der Waals surface area contributed by atoms with E-state index in [9.17, 15) is 9.59 Å². The topological polar surface area (TPSA) is 92.4 Å². The van der Waals surface area contributed by atoms with Gasteiger partial charge in [-0.3, -0.25) is 9.59 Å². The van der Waals surface area contributed by atoms with E-state index in [1.165, 1.54) is 0 Å². The Morgan fingerprint density at radius 2 is 1.79 bits per heavy atom. The van der Waals surface area contributed by atoms with Crippen molar-refractivity contribution in [2.75, 3.05) is 5.73 Å². The monoisotopic (exact) mass is 262 g/mol. The molecule has 4 N–H and O–H groups in total. The van der Waals surface area contributed by atoms with Gasteiger partial charge in [-0.15, -0.1) is 0 Å². The number of carboxylic acid groups (broad SMARTS) is 1. The molecule has 0 aromatic heterocycles. The lowest BCUT2D eigenvalue weighted by Gasteiger charge is -2.29. The standard InChI is InChI=1S/C14H18N2O3/c15-10-7-5-9(6-8-10)13(17)16-12-4-2-1-3-11(12)14(18)19/h5-8,11-12H,1-4,15H2,(H,16,17)(H,18,19). The lowest BCUT2D eigenvalue weighted by atomic mass is 9.84. The van der Waals surface area contributed by atoms with Gasteiger partial charge in [0.15, 0.2) is 0 Å². The van der Waals surface area contributed by atoms with Gasteiger partial charge in [-0.25, -0.2) is 0 Å². The van der Waals surface area contributed by atoms with Gasteiger partial charge in [0.1, 0.15) is 0 Å². The minimum absolute atomic E-state index is 0.238. The van der Waals surface area contributed by atoms with Crippen molar-refractivity contribution in [3.63, 3.8) is 0 Å². The SMILES string of the molecule is Nc1ccc(C(=O)NC2CCCCC2C(=O)O)cc1. The molecule has 1 saturated carbocycles. The van der Waals surface area contributed by atoms with Crippen LogP contribution in [0.15, 0.2) is 24.3 Å². The fourth-order valence-corrected chi connectivity index (χ4v) is 2.49. The Kier molecular flexibility index (Phi) is 4.04. The number of carbonyl (C=O) groups is 2. The van der Waals surface area contributed by atoms with Crippen LogP contribution in [0.5, 0.6) is 0 Å². The number of nitrogen functional groups attached to an aromatic ring is 1. The maximum atomic E-state index is 12.0. The molecule has 5 nitrogen and oxygen atoms in total. The number of nitrogens with two attached hydrogens (primary N) is 1. The summed E-state index contributed by atoms with van der Waals surface area (Å²) < 4.78 is 0. The molecule has 0 heterocycles. The number of amides is 1. The van der Waals surface area contributed by atoms with Crippen LogP contribution in [0.3, 0.4) is 0 Å². The van der Waals surface area contributed by atoms with E-state index >= 15 is 0 Å². The number of carbonyl (C=O) groups excluding carboxylic acids is 1. The fourth-order valence-electron chi connectivity index (χ4n) is 2.49. The third kappa shape index (κ3) is 3.24. The predicted molar refractivity (Wildman–Crippen MR) is 71.7 cm³/mol. The largest absolute Gasteiger partial charge is 0.481 e. The molecule has 1 aromatic rings. The molecule has 2 rings (SSSR count). The first-order valence-electron chi connectivity index (χ1n) is 6.47. The summed E-state index contributed by atoms with van der Waals surface area (Å²) in [4.78, 5) is 23.2. The zero-order valence-corrected chi connectivity index (χ0v) is 10.6. The molecular formula is C14H18N2O3. The predicted octanol–water partition coefficient (Wildman–Crippen LogP) is 1.64. The smallest absolute Gasteiger partial charge is 0.308 e. The van der Waals surface area contributed by atoms with Gasteiger partial charge in [0.05, 0.1) is 5.92 Å². The lowest BCUT2D eigenvalue weighted by Crippen LogP contribution is -2.45. The van der Waals surface area contributed by atoms with Gasteiger partial charge in [0.25, 0.3) is 5.91 Å². The number of hydrogen-bond acceptors (Lipinski definition) is 3. The van der Waals surface area contributed by atoms with Crippen LogP contribution in [0.25, 0.3) is 0 Å². The van der Waals surface area contributed by atoms with E-state index in [1.807, 2.05) is 0 Å². The zero-order valence-electron chi connectivity index (χ0n) is 10.6. The molecule has 1 aliphatic carbocycles. The van der Waals surface area contributed by atoms with Crippen molar-refractivity contribution in [2.45, 2.75) is 31.7 Å². The Bertz CT molecular complexity index is 470. The molecular weight excluding hydrogens is 244 g/mol. The van der Waals surface area contributed by atoms with Gasteiger partial charge >= 0.3 is 5.97 Å². The molecule has 0 aliphatic heterocycles. The van der Waals surface area contributed by atoms with Gasteiger partial charge in [-0.05, 0) is 37.1 Å². The normalized spacial score (nSPS) is 22.7. The van der Waals surface area contributed by atoms with E-state index in [0.717, 1.165) is 19.3 Å². The molecule has 0 bridgehead atoms. The van der Waals surface area contributed by atoms with E-state index in [-0.39, 0.29) is 11.9 Å². The molecule has 2 unspecified atom stereocenters. The minimum atomic E-state index is -0.831. The van der Waals surface area contributed by atoms with Crippen LogP contribution in [0.2, 0.25) is 0 Å². The van der Waals surface area contributed by atoms with Crippen molar-refractivity contribution in [1.82, 2.24) is 5.32 Å². The number of aliphatic carboxylic acids is 1. The number of benzene rings is 1.